The van der Waals surface area contributed by atoms with Crippen LogP contribution in [0.3, 0.4) is 0 Å². The van der Waals surface area contributed by atoms with Crippen LogP contribution in [0.5, 0.6) is 0 Å². The molecule has 3 heteroatoms. The Hall–Kier alpha value is -0.670. The second kappa shape index (κ2) is 7.92. The molecule has 2 N–H and O–H groups in total. The van der Waals surface area contributed by atoms with Crippen molar-refractivity contribution >= 4 is 5.78 Å². The first-order valence-electron chi connectivity index (χ1n) is 13.7. The van der Waals surface area contributed by atoms with Crippen molar-refractivity contribution in [2.75, 3.05) is 0 Å². The molecule has 0 aromatic rings. The van der Waals surface area contributed by atoms with E-state index >= 15 is 0 Å². The number of carbonyl (C=O) groups is 1. The van der Waals surface area contributed by atoms with E-state index in [4.69, 9.17) is 0 Å². The van der Waals surface area contributed by atoms with Gasteiger partial charge in [-0.15, -0.1) is 0 Å². The zero-order valence-electron chi connectivity index (χ0n) is 22.5. The van der Waals surface area contributed by atoms with Gasteiger partial charge in [-0.25, -0.2) is 0 Å². The molecule has 0 spiro atoms. The summed E-state index contributed by atoms with van der Waals surface area (Å²) >= 11 is 0. The lowest BCUT2D eigenvalue weighted by Crippen LogP contribution is -2.63. The molecule has 188 valence electrons. The second-order valence-electron chi connectivity index (χ2n) is 14.2. The van der Waals surface area contributed by atoms with Gasteiger partial charge in [0.15, 0.2) is 0 Å². The molecule has 0 aliphatic heterocycles. The number of fused-ring (bicyclic) bond motifs is 5. The Morgan fingerprint density at radius 1 is 1.03 bits per heavy atom. The standard InChI is InChI=1S/C30H50O3/c1-19(2)22(31)12-18-30(8,33)21-11-16-28(6)20(21)9-10-24-27(5)15-14-25(32)26(3,4)23(27)13-17-29(24,28)7/h20-24,31,33H,1,9-18H2,2-8H3/t20-,21?,22+,23?,24-,27+,28-,29-,30+/m1/s1. The highest BCUT2D eigenvalue weighted by Crippen LogP contribution is 2.75. The van der Waals surface area contributed by atoms with E-state index in [1.54, 1.807) is 0 Å². The predicted molar refractivity (Wildman–Crippen MR) is 135 cm³/mol. The van der Waals surface area contributed by atoms with Crippen molar-refractivity contribution < 1.29 is 15.0 Å². The monoisotopic (exact) mass is 458 g/mol. The molecule has 4 fully saturated rings. The predicted octanol–water partition coefficient (Wildman–Crippen LogP) is 6.71. The van der Waals surface area contributed by atoms with Crippen molar-refractivity contribution in [1.29, 1.82) is 0 Å². The smallest absolute Gasteiger partial charge is 0.138 e. The van der Waals surface area contributed by atoms with Gasteiger partial charge in [0.2, 0.25) is 0 Å². The summed E-state index contributed by atoms with van der Waals surface area (Å²) in [6, 6.07) is 0. The molecule has 0 aromatic heterocycles. The summed E-state index contributed by atoms with van der Waals surface area (Å²) in [6.45, 7) is 19.9. The highest BCUT2D eigenvalue weighted by molar-refractivity contribution is 5.85. The van der Waals surface area contributed by atoms with Gasteiger partial charge >= 0.3 is 0 Å². The zero-order chi connectivity index (χ0) is 24.6. The highest BCUT2D eigenvalue weighted by Gasteiger charge is 2.69. The average molecular weight is 459 g/mol. The molecule has 0 heterocycles. The zero-order valence-corrected chi connectivity index (χ0v) is 22.5. The van der Waals surface area contributed by atoms with Crippen LogP contribution in [0.15, 0.2) is 12.2 Å². The maximum atomic E-state index is 12.9. The van der Waals surface area contributed by atoms with Crippen molar-refractivity contribution in [3.05, 3.63) is 12.2 Å². The van der Waals surface area contributed by atoms with Crippen molar-refractivity contribution in [3.8, 4) is 0 Å². The Morgan fingerprint density at radius 3 is 2.30 bits per heavy atom. The van der Waals surface area contributed by atoms with Gasteiger partial charge in [-0.3, -0.25) is 4.79 Å². The van der Waals surface area contributed by atoms with Crippen LogP contribution in [0.1, 0.15) is 113 Å². The lowest BCUT2D eigenvalue weighted by atomic mass is 9.35. The summed E-state index contributed by atoms with van der Waals surface area (Å²) in [5.74, 6) is 2.46. The molecule has 4 aliphatic rings. The van der Waals surface area contributed by atoms with Gasteiger partial charge in [0, 0.05) is 11.8 Å². The van der Waals surface area contributed by atoms with Crippen LogP contribution in [0.4, 0.5) is 0 Å². The number of aliphatic hydroxyl groups excluding tert-OH is 1. The number of hydrogen-bond donors (Lipinski definition) is 2. The molecule has 3 nitrogen and oxygen atoms in total. The summed E-state index contributed by atoms with van der Waals surface area (Å²) < 4.78 is 0. The Morgan fingerprint density at radius 2 is 1.67 bits per heavy atom. The molecular formula is C30H50O3. The maximum absolute atomic E-state index is 12.9. The van der Waals surface area contributed by atoms with E-state index in [9.17, 15) is 15.0 Å². The molecule has 0 saturated heterocycles. The number of carbonyl (C=O) groups excluding carboxylic acids is 1. The minimum absolute atomic E-state index is 0.196. The van der Waals surface area contributed by atoms with E-state index in [2.05, 4.69) is 41.2 Å². The Balaban J connectivity index is 1.60. The topological polar surface area (TPSA) is 57.5 Å². The van der Waals surface area contributed by atoms with Crippen molar-refractivity contribution in [2.45, 2.75) is 124 Å². The van der Waals surface area contributed by atoms with Gasteiger partial charge in [-0.2, -0.15) is 0 Å². The molecule has 33 heavy (non-hydrogen) atoms. The average Bonchev–Trinajstić information content (AvgIpc) is 3.08. The van der Waals surface area contributed by atoms with Crippen LogP contribution in [0.25, 0.3) is 0 Å². The third-order valence-corrected chi connectivity index (χ3v) is 12.4. The molecule has 4 rings (SSSR count). The van der Waals surface area contributed by atoms with E-state index in [0.29, 0.717) is 42.3 Å². The maximum Gasteiger partial charge on any atom is 0.138 e. The van der Waals surface area contributed by atoms with E-state index in [1.807, 2.05) is 13.8 Å². The minimum Gasteiger partial charge on any atom is -0.390 e. The summed E-state index contributed by atoms with van der Waals surface area (Å²) in [7, 11) is 0. The summed E-state index contributed by atoms with van der Waals surface area (Å²) in [4.78, 5) is 12.9. The summed E-state index contributed by atoms with van der Waals surface area (Å²) in [5.41, 5.74) is 0.580. The molecular weight excluding hydrogens is 408 g/mol. The summed E-state index contributed by atoms with van der Waals surface area (Å²) in [5, 5.41) is 21.9. The van der Waals surface area contributed by atoms with Crippen LogP contribution in [0, 0.1) is 45.3 Å². The van der Waals surface area contributed by atoms with Gasteiger partial charge < -0.3 is 10.2 Å². The normalized spacial score (nSPS) is 47.1. The van der Waals surface area contributed by atoms with E-state index in [-0.39, 0.29) is 21.7 Å². The quantitative estimate of drug-likeness (QED) is 0.450. The van der Waals surface area contributed by atoms with Gasteiger partial charge in [0.25, 0.3) is 0 Å². The van der Waals surface area contributed by atoms with Crippen LogP contribution in [0.2, 0.25) is 0 Å². The molecule has 4 aliphatic carbocycles. The first-order valence-corrected chi connectivity index (χ1v) is 13.7. The Kier molecular flexibility index (Phi) is 6.10. The van der Waals surface area contributed by atoms with Crippen LogP contribution < -0.4 is 0 Å². The van der Waals surface area contributed by atoms with Crippen molar-refractivity contribution in [3.63, 3.8) is 0 Å². The van der Waals surface area contributed by atoms with Crippen LogP contribution in [-0.4, -0.2) is 27.7 Å². The first kappa shape index (κ1) is 25.4. The lowest BCUT2D eigenvalue weighted by molar-refractivity contribution is -0.207. The number of Topliss-reactive ketones (excluding diaryl/α,β-unsaturated/α-hetero) is 1. The third kappa shape index (κ3) is 3.53. The lowest BCUT2D eigenvalue weighted by Gasteiger charge is -2.69. The van der Waals surface area contributed by atoms with E-state index in [1.165, 1.54) is 25.7 Å². The molecule has 2 unspecified atom stereocenters. The molecule has 0 amide bonds. The van der Waals surface area contributed by atoms with Gasteiger partial charge in [-0.1, -0.05) is 46.8 Å². The highest BCUT2D eigenvalue weighted by atomic mass is 16.3. The molecule has 9 atom stereocenters. The first-order chi connectivity index (χ1) is 15.1. The fraction of sp³-hybridized carbons (Fsp3) is 0.900. The van der Waals surface area contributed by atoms with Crippen molar-refractivity contribution in [2.24, 2.45) is 45.3 Å². The molecule has 0 radical (unpaired) electrons. The van der Waals surface area contributed by atoms with Crippen LogP contribution in [-0.2, 0) is 4.79 Å². The molecule has 0 bridgehead atoms. The van der Waals surface area contributed by atoms with Gasteiger partial charge in [-0.05, 0) is 112 Å². The second-order valence-corrected chi connectivity index (χ2v) is 14.2. The SMILES string of the molecule is C=C(C)[C@@H](O)CC[C@](C)(O)C1CC[C@]2(C)[C@@H]1CC[C@@H]1[C@@]3(C)CCC(=O)C(C)(C)C3CC[C@]12C. The fourth-order valence-electron chi connectivity index (χ4n) is 10.1. The van der Waals surface area contributed by atoms with E-state index < -0.39 is 11.7 Å². The van der Waals surface area contributed by atoms with E-state index in [0.717, 1.165) is 31.3 Å². The number of aliphatic hydroxyl groups is 2. The number of hydrogen-bond acceptors (Lipinski definition) is 3. The number of rotatable bonds is 5. The molecule has 0 aromatic carbocycles. The fourth-order valence-corrected chi connectivity index (χ4v) is 10.1. The van der Waals surface area contributed by atoms with Gasteiger partial charge in [0.1, 0.15) is 5.78 Å². The largest absolute Gasteiger partial charge is 0.390 e. The third-order valence-electron chi connectivity index (χ3n) is 12.4. The number of ketones is 1. The molecule has 4 saturated carbocycles. The summed E-state index contributed by atoms with van der Waals surface area (Å²) in [6.07, 6.45) is 9.58. The van der Waals surface area contributed by atoms with Crippen LogP contribution >= 0.6 is 0 Å². The Bertz CT molecular complexity index is 811. The van der Waals surface area contributed by atoms with Gasteiger partial charge in [0.05, 0.1) is 11.7 Å². The minimum atomic E-state index is -0.748. The van der Waals surface area contributed by atoms with Crippen molar-refractivity contribution in [1.82, 2.24) is 0 Å². The Labute approximate surface area is 202 Å².